The maximum absolute atomic E-state index is 12.2. The van der Waals surface area contributed by atoms with Crippen LogP contribution in [0.2, 0.25) is 0 Å². The summed E-state index contributed by atoms with van der Waals surface area (Å²) in [6, 6.07) is -2.09. The molecule has 29 heavy (non-hydrogen) atoms. The van der Waals surface area contributed by atoms with E-state index < -0.39 is 41.9 Å². The van der Waals surface area contributed by atoms with Crippen molar-refractivity contribution in [3.63, 3.8) is 0 Å². The van der Waals surface area contributed by atoms with E-state index in [1.54, 1.807) is 13.8 Å². The number of nitrogens with zero attached hydrogens (tertiary/aromatic N) is 4. The van der Waals surface area contributed by atoms with E-state index in [9.17, 15) is 33.6 Å². The van der Waals surface area contributed by atoms with Gasteiger partial charge in [0.2, 0.25) is 0 Å². The number of hydrogen-bond donors (Lipinski definition) is 2. The highest BCUT2D eigenvalue weighted by Crippen LogP contribution is 2.07. The molecule has 0 aliphatic carbocycles. The summed E-state index contributed by atoms with van der Waals surface area (Å²) in [4.78, 5) is 87.3. The summed E-state index contributed by atoms with van der Waals surface area (Å²) >= 11 is 0. The molecule has 0 bridgehead atoms. The standard InChI is InChI=1S/C16H22N6O7/c1-3-19-5-7-21(13(26)11(19)24)15(28)17-10(9-23)18-16(29)22-8-6-20(4-2)12(25)14(22)27/h9-10H,3-8H2,1-2H3,(H,17,28)(H,18,29). The monoisotopic (exact) mass is 410 g/mol. The summed E-state index contributed by atoms with van der Waals surface area (Å²) in [7, 11) is 0. The molecular formula is C16H22N6O7. The number of imide groups is 2. The Bertz CT molecular complexity index is 696. The van der Waals surface area contributed by atoms with Crippen molar-refractivity contribution in [1.29, 1.82) is 0 Å². The summed E-state index contributed by atoms with van der Waals surface area (Å²) < 4.78 is 0. The minimum Gasteiger partial charge on any atom is -0.333 e. The van der Waals surface area contributed by atoms with E-state index in [4.69, 9.17) is 0 Å². The maximum atomic E-state index is 12.2. The Morgan fingerprint density at radius 2 is 1.17 bits per heavy atom. The SMILES string of the molecule is CCN1CCN(C(=O)NC(C=O)NC(=O)N2CCN(CC)C(=O)C2=O)C(=O)C1=O. The number of amides is 8. The molecule has 2 rings (SSSR count). The predicted octanol–water partition coefficient (Wildman–Crippen LogP) is -2.69. The van der Waals surface area contributed by atoms with Gasteiger partial charge in [-0.15, -0.1) is 0 Å². The van der Waals surface area contributed by atoms with Crippen molar-refractivity contribution in [2.24, 2.45) is 0 Å². The van der Waals surface area contributed by atoms with Gasteiger partial charge in [0.05, 0.1) is 0 Å². The molecule has 8 amide bonds. The van der Waals surface area contributed by atoms with E-state index in [-0.39, 0.29) is 32.5 Å². The second-order valence-electron chi connectivity index (χ2n) is 6.20. The molecule has 2 saturated heterocycles. The first-order valence-electron chi connectivity index (χ1n) is 9.02. The van der Waals surface area contributed by atoms with E-state index in [0.29, 0.717) is 22.9 Å². The predicted molar refractivity (Wildman–Crippen MR) is 94.8 cm³/mol. The van der Waals surface area contributed by atoms with Crippen molar-refractivity contribution in [1.82, 2.24) is 30.2 Å². The molecule has 2 aliphatic rings. The lowest BCUT2D eigenvalue weighted by Crippen LogP contribution is -2.63. The summed E-state index contributed by atoms with van der Waals surface area (Å²) in [5.74, 6) is -3.80. The molecule has 158 valence electrons. The van der Waals surface area contributed by atoms with Gasteiger partial charge in [-0.1, -0.05) is 0 Å². The van der Waals surface area contributed by atoms with E-state index in [2.05, 4.69) is 10.6 Å². The Kier molecular flexibility index (Phi) is 6.85. The minimum atomic E-state index is -1.57. The number of carbonyl (C=O) groups is 7. The molecule has 0 spiro atoms. The van der Waals surface area contributed by atoms with Crippen molar-refractivity contribution >= 4 is 42.0 Å². The van der Waals surface area contributed by atoms with Crippen LogP contribution in [0.4, 0.5) is 9.59 Å². The Labute approximate surface area is 165 Å². The third kappa shape index (κ3) is 4.50. The third-order valence-corrected chi connectivity index (χ3v) is 4.57. The second kappa shape index (κ2) is 9.12. The lowest BCUT2D eigenvalue weighted by Gasteiger charge is -2.33. The van der Waals surface area contributed by atoms with Gasteiger partial charge >= 0.3 is 35.7 Å². The van der Waals surface area contributed by atoms with Crippen molar-refractivity contribution in [3.05, 3.63) is 0 Å². The highest BCUT2D eigenvalue weighted by atomic mass is 16.2. The molecule has 0 aromatic carbocycles. The zero-order valence-electron chi connectivity index (χ0n) is 16.0. The number of rotatable bonds is 5. The lowest BCUT2D eigenvalue weighted by molar-refractivity contribution is -0.153. The van der Waals surface area contributed by atoms with Crippen LogP contribution in [0.5, 0.6) is 0 Å². The molecule has 0 unspecified atom stereocenters. The van der Waals surface area contributed by atoms with Crippen molar-refractivity contribution in [2.75, 3.05) is 39.3 Å². The number of likely N-dealkylation sites (N-methyl/N-ethyl adjacent to an activating group) is 2. The topological polar surface area (TPSA) is 157 Å². The molecule has 13 nitrogen and oxygen atoms in total. The first-order valence-corrected chi connectivity index (χ1v) is 9.02. The van der Waals surface area contributed by atoms with Gasteiger partial charge in [0.15, 0.2) is 12.5 Å². The molecule has 0 aromatic heterocycles. The van der Waals surface area contributed by atoms with Crippen LogP contribution in [-0.2, 0) is 24.0 Å². The number of urea groups is 2. The zero-order valence-corrected chi connectivity index (χ0v) is 16.0. The van der Waals surface area contributed by atoms with E-state index in [1.165, 1.54) is 9.80 Å². The molecule has 0 saturated carbocycles. The number of carbonyl (C=O) groups excluding carboxylic acids is 7. The normalized spacial score (nSPS) is 17.8. The fraction of sp³-hybridized carbons (Fsp3) is 0.562. The Morgan fingerprint density at radius 3 is 1.48 bits per heavy atom. The first kappa shape index (κ1) is 21.8. The first-order chi connectivity index (χ1) is 13.7. The Morgan fingerprint density at radius 1 is 0.793 bits per heavy atom. The Hall–Kier alpha value is -3.51. The molecule has 2 aliphatic heterocycles. The van der Waals surface area contributed by atoms with Gasteiger partial charge in [-0.25, -0.2) is 9.59 Å². The number of nitrogens with one attached hydrogen (secondary N) is 2. The van der Waals surface area contributed by atoms with E-state index in [1.807, 2.05) is 0 Å². The van der Waals surface area contributed by atoms with Gasteiger partial charge in [-0.2, -0.15) is 0 Å². The van der Waals surface area contributed by atoms with Crippen molar-refractivity contribution in [3.8, 4) is 0 Å². The fourth-order valence-corrected chi connectivity index (χ4v) is 2.87. The van der Waals surface area contributed by atoms with E-state index >= 15 is 0 Å². The van der Waals surface area contributed by atoms with Crippen molar-refractivity contribution < 1.29 is 33.6 Å². The zero-order chi connectivity index (χ0) is 21.7. The Balaban J connectivity index is 1.97. The van der Waals surface area contributed by atoms with Gasteiger partial charge in [0.1, 0.15) is 0 Å². The lowest BCUT2D eigenvalue weighted by atomic mass is 10.3. The molecule has 2 fully saturated rings. The van der Waals surface area contributed by atoms with Gasteiger partial charge in [0.25, 0.3) is 0 Å². The largest absolute Gasteiger partial charge is 0.333 e. The van der Waals surface area contributed by atoms with Crippen LogP contribution in [0.3, 0.4) is 0 Å². The minimum absolute atomic E-state index is 0.0737. The van der Waals surface area contributed by atoms with Gasteiger partial charge in [0, 0.05) is 39.3 Å². The van der Waals surface area contributed by atoms with E-state index in [0.717, 1.165) is 0 Å². The average molecular weight is 410 g/mol. The van der Waals surface area contributed by atoms with Crippen LogP contribution in [0.1, 0.15) is 13.8 Å². The summed E-state index contributed by atoms with van der Waals surface area (Å²) in [5, 5.41) is 4.20. The van der Waals surface area contributed by atoms with Gasteiger partial charge in [-0.3, -0.25) is 33.8 Å². The van der Waals surface area contributed by atoms with Crippen LogP contribution >= 0.6 is 0 Å². The maximum Gasteiger partial charge on any atom is 0.326 e. The quantitative estimate of drug-likeness (QED) is 0.284. The summed E-state index contributed by atoms with van der Waals surface area (Å²) in [6.07, 6.45) is -1.40. The molecule has 0 aromatic rings. The number of aldehydes is 1. The average Bonchev–Trinajstić information content (AvgIpc) is 2.71. The van der Waals surface area contributed by atoms with Crippen LogP contribution in [0.15, 0.2) is 0 Å². The van der Waals surface area contributed by atoms with Crippen LogP contribution in [0, 0.1) is 0 Å². The summed E-state index contributed by atoms with van der Waals surface area (Å²) in [5.41, 5.74) is 0. The smallest absolute Gasteiger partial charge is 0.326 e. The molecule has 0 atom stereocenters. The molecule has 2 N–H and O–H groups in total. The molecule has 0 radical (unpaired) electrons. The second-order valence-corrected chi connectivity index (χ2v) is 6.20. The van der Waals surface area contributed by atoms with Crippen LogP contribution < -0.4 is 10.6 Å². The van der Waals surface area contributed by atoms with Gasteiger partial charge < -0.3 is 20.4 Å². The molecule has 13 heteroatoms. The highest BCUT2D eigenvalue weighted by Gasteiger charge is 2.38. The summed E-state index contributed by atoms with van der Waals surface area (Å²) in [6.45, 7) is 4.13. The fourth-order valence-electron chi connectivity index (χ4n) is 2.87. The number of piperazine rings is 2. The van der Waals surface area contributed by atoms with Gasteiger partial charge in [-0.05, 0) is 13.8 Å². The van der Waals surface area contributed by atoms with Crippen LogP contribution in [-0.4, -0.2) is 107 Å². The number of hydrogen-bond acceptors (Lipinski definition) is 7. The highest BCUT2D eigenvalue weighted by molar-refractivity contribution is 6.38. The third-order valence-electron chi connectivity index (χ3n) is 4.57. The molecule has 2 heterocycles. The van der Waals surface area contributed by atoms with Crippen molar-refractivity contribution in [2.45, 2.75) is 20.0 Å². The molecular weight excluding hydrogens is 388 g/mol. The van der Waals surface area contributed by atoms with Crippen LogP contribution in [0.25, 0.3) is 0 Å².